The van der Waals surface area contributed by atoms with Gasteiger partial charge in [-0.1, -0.05) is 0 Å². The van der Waals surface area contributed by atoms with Crippen LogP contribution in [0.5, 0.6) is 0 Å². The minimum absolute atomic E-state index is 1.00. The molecule has 0 radical (unpaired) electrons. The maximum absolute atomic E-state index is 2.88. The fourth-order valence-corrected chi connectivity index (χ4v) is 13.1. The SMILES string of the molecule is Cc1ccc(CP(I)(c2ccc(C)cc2)(c2ccc(C)cc2)c2ccc(C)cc2)cc1. The van der Waals surface area contributed by atoms with Crippen molar-refractivity contribution in [2.45, 2.75) is 33.9 Å². The summed E-state index contributed by atoms with van der Waals surface area (Å²) in [5.74, 6) is 0. The van der Waals surface area contributed by atoms with Crippen molar-refractivity contribution in [3.63, 3.8) is 0 Å². The van der Waals surface area contributed by atoms with E-state index in [1.807, 2.05) is 0 Å². The number of hydrogen-bond acceptors (Lipinski definition) is 0. The third-order valence-electron chi connectivity index (χ3n) is 6.32. The first-order valence-corrected chi connectivity index (χ1v) is 16.0. The second-order valence-corrected chi connectivity index (χ2v) is 19.5. The van der Waals surface area contributed by atoms with E-state index in [-0.39, 0.29) is 0 Å². The van der Waals surface area contributed by atoms with Crippen LogP contribution in [-0.4, -0.2) is 0 Å². The van der Waals surface area contributed by atoms with E-state index in [0.29, 0.717) is 0 Å². The van der Waals surface area contributed by atoms with Crippen molar-refractivity contribution in [3.8, 4) is 0 Å². The molecule has 0 amide bonds. The molecular weight excluding hydrogens is 506 g/mol. The van der Waals surface area contributed by atoms with Crippen LogP contribution >= 0.6 is 26.3 Å². The van der Waals surface area contributed by atoms with Gasteiger partial charge in [0.05, 0.1) is 0 Å². The fraction of sp³-hybridized carbons (Fsp3) is 0.172. The van der Waals surface area contributed by atoms with Crippen LogP contribution < -0.4 is 15.9 Å². The van der Waals surface area contributed by atoms with Gasteiger partial charge >= 0.3 is 201 Å². The first-order valence-electron chi connectivity index (χ1n) is 10.8. The molecule has 158 valence electrons. The van der Waals surface area contributed by atoms with Crippen LogP contribution in [0.1, 0.15) is 27.8 Å². The average Bonchev–Trinajstić information content (AvgIpc) is 2.77. The van der Waals surface area contributed by atoms with E-state index in [2.05, 4.69) is 147 Å². The first kappa shape index (κ1) is 22.2. The van der Waals surface area contributed by atoms with Crippen LogP contribution in [0.15, 0.2) is 97.1 Å². The normalized spacial score (nSPS) is 12.9. The van der Waals surface area contributed by atoms with Crippen LogP contribution in [0, 0.1) is 27.7 Å². The molecule has 4 aromatic carbocycles. The van der Waals surface area contributed by atoms with Crippen LogP contribution in [-0.2, 0) is 6.16 Å². The van der Waals surface area contributed by atoms with Crippen LogP contribution in [0.3, 0.4) is 0 Å². The second kappa shape index (κ2) is 8.52. The van der Waals surface area contributed by atoms with Gasteiger partial charge in [-0.2, -0.15) is 0 Å². The molecule has 0 atom stereocenters. The molecule has 31 heavy (non-hydrogen) atoms. The van der Waals surface area contributed by atoms with E-state index in [1.165, 1.54) is 43.7 Å². The Bertz CT molecular complexity index is 1060. The molecule has 0 saturated heterocycles. The Balaban J connectivity index is 2.09. The Labute approximate surface area is 200 Å². The molecule has 0 spiro atoms. The zero-order valence-corrected chi connectivity index (χ0v) is 21.8. The summed E-state index contributed by atoms with van der Waals surface area (Å²) in [5, 5.41) is 4.31. The Kier molecular flexibility index (Phi) is 6.12. The number of hydrogen-bond donors (Lipinski definition) is 0. The van der Waals surface area contributed by atoms with E-state index >= 15 is 0 Å². The van der Waals surface area contributed by atoms with Crippen molar-refractivity contribution in [2.75, 3.05) is 0 Å². The molecule has 0 N–H and O–H groups in total. The molecule has 0 heterocycles. The van der Waals surface area contributed by atoms with E-state index < -0.39 is 4.25 Å². The summed E-state index contributed by atoms with van der Waals surface area (Å²) in [6.45, 7) is 8.67. The van der Waals surface area contributed by atoms with Crippen molar-refractivity contribution in [1.29, 1.82) is 0 Å². The van der Waals surface area contributed by atoms with Gasteiger partial charge in [0.25, 0.3) is 0 Å². The summed E-state index contributed by atoms with van der Waals surface area (Å²) in [4.78, 5) is 0. The molecule has 0 fully saturated rings. The quantitative estimate of drug-likeness (QED) is 0.186. The molecule has 0 saturated carbocycles. The summed E-state index contributed by atoms with van der Waals surface area (Å²) < 4.78 is -2.80. The van der Waals surface area contributed by atoms with Gasteiger partial charge in [-0.05, 0) is 0 Å². The fourth-order valence-electron chi connectivity index (χ4n) is 4.32. The van der Waals surface area contributed by atoms with Crippen molar-refractivity contribution < 1.29 is 0 Å². The molecule has 0 aliphatic carbocycles. The Morgan fingerprint density at radius 2 is 0.710 bits per heavy atom. The van der Waals surface area contributed by atoms with Gasteiger partial charge in [-0.15, -0.1) is 0 Å². The summed E-state index contributed by atoms with van der Waals surface area (Å²) in [7, 11) is 0. The first-order chi connectivity index (χ1) is 14.8. The third-order valence-corrected chi connectivity index (χ3v) is 17.4. The zero-order valence-electron chi connectivity index (χ0n) is 18.8. The van der Waals surface area contributed by atoms with Crippen molar-refractivity contribution in [1.82, 2.24) is 0 Å². The molecule has 0 unspecified atom stereocenters. The Morgan fingerprint density at radius 3 is 1.00 bits per heavy atom. The molecule has 0 aliphatic heterocycles. The second-order valence-electron chi connectivity index (χ2n) is 8.83. The molecule has 0 aliphatic rings. The van der Waals surface area contributed by atoms with Crippen LogP contribution in [0.2, 0.25) is 0 Å². The number of benzene rings is 4. The van der Waals surface area contributed by atoms with Gasteiger partial charge in [-0.3, -0.25) is 0 Å². The summed E-state index contributed by atoms with van der Waals surface area (Å²) in [6, 6.07) is 36.9. The van der Waals surface area contributed by atoms with Gasteiger partial charge in [0.15, 0.2) is 0 Å². The predicted molar refractivity (Wildman–Crippen MR) is 148 cm³/mol. The van der Waals surface area contributed by atoms with Gasteiger partial charge in [0.2, 0.25) is 0 Å². The van der Waals surface area contributed by atoms with E-state index in [1.54, 1.807) is 0 Å². The topological polar surface area (TPSA) is 0 Å². The van der Waals surface area contributed by atoms with E-state index in [0.717, 1.165) is 6.16 Å². The van der Waals surface area contributed by atoms with Crippen LogP contribution in [0.4, 0.5) is 0 Å². The molecule has 0 bridgehead atoms. The number of rotatable bonds is 5. The van der Waals surface area contributed by atoms with Gasteiger partial charge in [0.1, 0.15) is 0 Å². The Hall–Kier alpha value is -1.96. The van der Waals surface area contributed by atoms with E-state index in [9.17, 15) is 0 Å². The van der Waals surface area contributed by atoms with Crippen LogP contribution in [0.25, 0.3) is 0 Å². The molecule has 4 rings (SSSR count). The van der Waals surface area contributed by atoms with Crippen molar-refractivity contribution >= 4 is 42.2 Å². The van der Waals surface area contributed by atoms with Gasteiger partial charge in [0, 0.05) is 0 Å². The monoisotopic (exact) mass is 536 g/mol. The molecule has 4 aromatic rings. The summed E-state index contributed by atoms with van der Waals surface area (Å²) in [6.07, 6.45) is 1.00. The molecule has 0 nitrogen and oxygen atoms in total. The van der Waals surface area contributed by atoms with Crippen molar-refractivity contribution in [2.24, 2.45) is 0 Å². The summed E-state index contributed by atoms with van der Waals surface area (Å²) in [5.41, 5.74) is 6.59. The minimum atomic E-state index is -2.80. The molecule has 0 aromatic heterocycles. The molecular formula is C29H30IP. The summed E-state index contributed by atoms with van der Waals surface area (Å²) >= 11 is 2.88. The molecule has 2 heteroatoms. The maximum atomic E-state index is 2.88. The Morgan fingerprint density at radius 1 is 0.452 bits per heavy atom. The zero-order chi connectivity index (χ0) is 22.1. The third kappa shape index (κ3) is 4.11. The van der Waals surface area contributed by atoms with E-state index in [4.69, 9.17) is 0 Å². The average molecular weight is 536 g/mol. The number of aryl methyl sites for hydroxylation is 4. The van der Waals surface area contributed by atoms with Crippen molar-refractivity contribution in [3.05, 3.63) is 125 Å². The van der Waals surface area contributed by atoms with Gasteiger partial charge < -0.3 is 0 Å². The predicted octanol–water partition coefficient (Wildman–Crippen LogP) is 7.30. The standard InChI is InChI=1S/C29H30IP/c1-22-5-13-26(14-6-22)21-31(30,27-15-7-23(2)8-16-27,28-17-9-24(3)10-18-28)29-19-11-25(4)12-20-29/h5-20H,21H2,1-4H3. The van der Waals surface area contributed by atoms with Gasteiger partial charge in [-0.25, -0.2) is 0 Å². The number of halogens is 1.